The molecule has 0 fully saturated rings. The molecular weight excluding hydrogens is 144 g/mol. The molecule has 0 amide bonds. The van der Waals surface area contributed by atoms with Gasteiger partial charge in [0, 0.05) is 6.42 Å². The van der Waals surface area contributed by atoms with E-state index in [0.717, 1.165) is 25.7 Å². The van der Waals surface area contributed by atoms with Crippen LogP contribution < -0.4 is 0 Å². The molecule has 0 aliphatic rings. The second-order valence-electron chi connectivity index (χ2n) is 2.35. The molecule has 61 valence electrons. The summed E-state index contributed by atoms with van der Waals surface area (Å²) in [5, 5.41) is 17.3. The Bertz CT molecular complexity index is 175. The van der Waals surface area contributed by atoms with Crippen LogP contribution in [-0.2, 0) is 11.5 Å². The summed E-state index contributed by atoms with van der Waals surface area (Å²) < 4.78 is 4.91. The predicted octanol–water partition coefficient (Wildman–Crippen LogP) is 1.21. The Morgan fingerprint density at radius 2 is 2.27 bits per heavy atom. The van der Waals surface area contributed by atoms with Crippen LogP contribution in [0.1, 0.15) is 25.2 Å². The zero-order chi connectivity index (χ0) is 7.94. The van der Waals surface area contributed by atoms with Crippen molar-refractivity contribution >= 4 is 0 Å². The zero-order valence-corrected chi connectivity index (χ0v) is 6.32. The predicted molar refractivity (Wildman–Crippen MR) is 37.4 cm³/mol. The topological polar surface area (TPSA) is 58.8 Å². The van der Waals surface area contributed by atoms with E-state index in [4.69, 9.17) is 4.42 Å². The molecule has 11 heavy (non-hydrogen) atoms. The molecule has 0 spiro atoms. The minimum Gasteiger partial charge on any atom is -0.428 e. The number of hydrogen-bond donors (Lipinski definition) is 0. The summed E-state index contributed by atoms with van der Waals surface area (Å²) in [6.45, 7) is 0.0177. The minimum absolute atomic E-state index is 0.0177. The summed E-state index contributed by atoms with van der Waals surface area (Å²) >= 11 is 0. The van der Waals surface area contributed by atoms with Crippen LogP contribution in [0.2, 0.25) is 0 Å². The van der Waals surface area contributed by atoms with Crippen LogP contribution in [0, 0.1) is 0 Å². The third-order valence-electron chi connectivity index (χ3n) is 1.44. The molecule has 1 radical (unpaired) electrons. The first-order valence-corrected chi connectivity index (χ1v) is 3.76. The van der Waals surface area contributed by atoms with Crippen molar-refractivity contribution in [2.75, 3.05) is 6.61 Å². The van der Waals surface area contributed by atoms with E-state index in [0.29, 0.717) is 5.89 Å². The molecule has 4 nitrogen and oxygen atoms in total. The molecule has 1 rings (SSSR count). The zero-order valence-electron chi connectivity index (χ0n) is 6.32. The third-order valence-corrected chi connectivity index (χ3v) is 1.44. The largest absolute Gasteiger partial charge is 0.428 e. The second-order valence-corrected chi connectivity index (χ2v) is 2.35. The lowest BCUT2D eigenvalue weighted by Gasteiger charge is -1.92. The number of hydrogen-bond acceptors (Lipinski definition) is 3. The minimum atomic E-state index is 0.0177. The van der Waals surface area contributed by atoms with Crippen LogP contribution in [0.5, 0.6) is 0 Å². The Morgan fingerprint density at radius 1 is 1.36 bits per heavy atom. The van der Waals surface area contributed by atoms with Gasteiger partial charge < -0.3 is 4.42 Å². The maximum absolute atomic E-state index is 10.0. The Morgan fingerprint density at radius 3 is 2.91 bits per heavy atom. The van der Waals surface area contributed by atoms with Gasteiger partial charge in [0.25, 0.3) is 0 Å². The van der Waals surface area contributed by atoms with Crippen molar-refractivity contribution < 1.29 is 9.52 Å². The Labute approximate surface area is 65.3 Å². The summed E-state index contributed by atoms with van der Waals surface area (Å²) in [5.74, 6) is 0.663. The molecule has 4 heteroatoms. The number of aryl methyl sites for hydroxylation is 1. The summed E-state index contributed by atoms with van der Waals surface area (Å²) in [4.78, 5) is 0. The second kappa shape index (κ2) is 4.85. The standard InChI is InChI=1S/C7H11N2O2/c10-5-3-1-2-4-7-9-8-6-11-7/h6H,1-5H2. The average molecular weight is 155 g/mol. The summed E-state index contributed by atoms with van der Waals surface area (Å²) in [6, 6.07) is 0. The van der Waals surface area contributed by atoms with Crippen molar-refractivity contribution in [1.82, 2.24) is 10.2 Å². The van der Waals surface area contributed by atoms with Crippen LogP contribution in [0.15, 0.2) is 10.8 Å². The summed E-state index contributed by atoms with van der Waals surface area (Å²) in [6.07, 6.45) is 4.77. The van der Waals surface area contributed by atoms with E-state index in [9.17, 15) is 5.11 Å². The van der Waals surface area contributed by atoms with Crippen LogP contribution in [-0.4, -0.2) is 16.8 Å². The van der Waals surface area contributed by atoms with Gasteiger partial charge >= 0.3 is 0 Å². The van der Waals surface area contributed by atoms with Gasteiger partial charge in [-0.2, -0.15) is 0 Å². The van der Waals surface area contributed by atoms with Crippen LogP contribution in [0.4, 0.5) is 0 Å². The molecule has 0 unspecified atom stereocenters. The first-order chi connectivity index (χ1) is 5.43. The fourth-order valence-corrected chi connectivity index (χ4v) is 0.860. The highest BCUT2D eigenvalue weighted by atomic mass is 16.4. The number of aromatic nitrogens is 2. The lowest BCUT2D eigenvalue weighted by molar-refractivity contribution is 0.186. The van der Waals surface area contributed by atoms with E-state index in [1.165, 1.54) is 6.39 Å². The molecule has 0 aliphatic carbocycles. The van der Waals surface area contributed by atoms with Gasteiger partial charge in [-0.3, -0.25) is 0 Å². The van der Waals surface area contributed by atoms with E-state index >= 15 is 0 Å². The lowest BCUT2D eigenvalue weighted by atomic mass is 10.2. The first kappa shape index (κ1) is 8.20. The number of rotatable bonds is 5. The Kier molecular flexibility index (Phi) is 3.61. The van der Waals surface area contributed by atoms with Crippen molar-refractivity contribution in [3.8, 4) is 0 Å². The number of nitrogens with zero attached hydrogens (tertiary/aromatic N) is 2. The van der Waals surface area contributed by atoms with E-state index < -0.39 is 0 Å². The molecule has 1 aromatic rings. The highest BCUT2D eigenvalue weighted by Crippen LogP contribution is 2.01. The molecule has 0 N–H and O–H groups in total. The van der Waals surface area contributed by atoms with Crippen molar-refractivity contribution in [2.24, 2.45) is 0 Å². The fraction of sp³-hybridized carbons (Fsp3) is 0.714. The molecule has 1 aromatic heterocycles. The van der Waals surface area contributed by atoms with Crippen LogP contribution in [0.3, 0.4) is 0 Å². The molecule has 0 atom stereocenters. The van der Waals surface area contributed by atoms with E-state index in [1.54, 1.807) is 0 Å². The molecule has 0 aliphatic heterocycles. The quantitative estimate of drug-likeness (QED) is 0.600. The highest BCUT2D eigenvalue weighted by molar-refractivity contribution is 4.71. The van der Waals surface area contributed by atoms with Gasteiger partial charge in [0.15, 0.2) is 0 Å². The van der Waals surface area contributed by atoms with E-state index in [1.807, 2.05) is 0 Å². The molecule has 0 saturated heterocycles. The SMILES string of the molecule is [O]CCCCCc1nnco1. The third kappa shape index (κ3) is 3.13. The number of unbranched alkanes of at least 4 members (excludes halogenated alkanes) is 2. The summed E-state index contributed by atoms with van der Waals surface area (Å²) in [5.41, 5.74) is 0. The molecule has 0 bridgehead atoms. The Balaban J connectivity index is 2.04. The maximum Gasteiger partial charge on any atom is 0.216 e. The van der Waals surface area contributed by atoms with Gasteiger partial charge in [0.2, 0.25) is 12.3 Å². The first-order valence-electron chi connectivity index (χ1n) is 3.76. The van der Waals surface area contributed by atoms with Crippen molar-refractivity contribution in [3.63, 3.8) is 0 Å². The van der Waals surface area contributed by atoms with Gasteiger partial charge in [-0.25, -0.2) is 5.11 Å². The van der Waals surface area contributed by atoms with Gasteiger partial charge in [-0.15, -0.1) is 10.2 Å². The summed E-state index contributed by atoms with van der Waals surface area (Å²) in [7, 11) is 0. The molecular formula is C7H11N2O2. The van der Waals surface area contributed by atoms with E-state index in [2.05, 4.69) is 10.2 Å². The van der Waals surface area contributed by atoms with Crippen molar-refractivity contribution in [2.45, 2.75) is 25.7 Å². The van der Waals surface area contributed by atoms with Crippen molar-refractivity contribution in [3.05, 3.63) is 12.3 Å². The van der Waals surface area contributed by atoms with E-state index in [-0.39, 0.29) is 6.61 Å². The smallest absolute Gasteiger partial charge is 0.216 e. The highest BCUT2D eigenvalue weighted by Gasteiger charge is 1.97. The Hall–Kier alpha value is -0.900. The average Bonchev–Trinajstić information content (AvgIpc) is 2.50. The lowest BCUT2D eigenvalue weighted by Crippen LogP contribution is -1.87. The molecule has 0 aromatic carbocycles. The van der Waals surface area contributed by atoms with Crippen molar-refractivity contribution in [1.29, 1.82) is 0 Å². The molecule has 0 saturated carbocycles. The van der Waals surface area contributed by atoms with Crippen LogP contribution in [0.25, 0.3) is 0 Å². The van der Waals surface area contributed by atoms with Crippen LogP contribution >= 0.6 is 0 Å². The fourth-order valence-electron chi connectivity index (χ4n) is 0.860. The van der Waals surface area contributed by atoms with Gasteiger partial charge in [0.1, 0.15) is 0 Å². The van der Waals surface area contributed by atoms with Gasteiger partial charge in [-0.1, -0.05) is 6.42 Å². The molecule has 1 heterocycles. The van der Waals surface area contributed by atoms with Gasteiger partial charge in [0.05, 0.1) is 6.61 Å². The normalized spacial score (nSPS) is 10.3. The van der Waals surface area contributed by atoms with Gasteiger partial charge in [-0.05, 0) is 12.8 Å². The maximum atomic E-state index is 10.0. The monoisotopic (exact) mass is 155 g/mol.